The van der Waals surface area contributed by atoms with E-state index in [4.69, 9.17) is 28.8 Å². The van der Waals surface area contributed by atoms with Crippen molar-refractivity contribution in [2.24, 2.45) is 0 Å². The molecule has 0 aromatic heterocycles. The minimum atomic E-state index is -1.21. The quantitative estimate of drug-likeness (QED) is 0.134. The van der Waals surface area contributed by atoms with Crippen molar-refractivity contribution in [1.82, 2.24) is 0 Å². The summed E-state index contributed by atoms with van der Waals surface area (Å²) in [6.07, 6.45) is 5.01. The fourth-order valence-electron chi connectivity index (χ4n) is 2.11. The van der Waals surface area contributed by atoms with Crippen LogP contribution < -0.4 is 0 Å². The maximum absolute atomic E-state index is 11.3. The summed E-state index contributed by atoms with van der Waals surface area (Å²) in [5.41, 5.74) is 0. The van der Waals surface area contributed by atoms with Gasteiger partial charge in [-0.3, -0.25) is 9.59 Å². The topological polar surface area (TPSA) is 101 Å². The molecule has 0 atom stereocenters. The van der Waals surface area contributed by atoms with E-state index in [9.17, 15) is 9.59 Å². The Labute approximate surface area is 168 Å². The van der Waals surface area contributed by atoms with Gasteiger partial charge >= 0.3 is 11.9 Å². The third-order valence-corrected chi connectivity index (χ3v) is 3.67. The molecule has 1 N–H and O–H groups in total. The lowest BCUT2D eigenvalue weighted by molar-refractivity contribution is -0.164. The molecule has 0 bridgehead atoms. The summed E-state index contributed by atoms with van der Waals surface area (Å²) >= 11 is 0. The number of carboxylic acids is 1. The van der Waals surface area contributed by atoms with E-state index in [1.807, 2.05) is 0 Å². The van der Waals surface area contributed by atoms with Crippen LogP contribution in [0.1, 0.15) is 65.2 Å². The van der Waals surface area contributed by atoms with Crippen LogP contribution in [0.5, 0.6) is 0 Å². The number of hydrogen-bond acceptors (Lipinski definition) is 7. The van der Waals surface area contributed by atoms with Crippen LogP contribution in [0.25, 0.3) is 0 Å². The second-order valence-electron chi connectivity index (χ2n) is 6.39. The lowest BCUT2D eigenvalue weighted by Crippen LogP contribution is -2.23. The lowest BCUT2D eigenvalue weighted by Gasteiger charge is -2.19. The van der Waals surface area contributed by atoms with Gasteiger partial charge in [0.05, 0.1) is 19.8 Å². The fraction of sp³-hybridized carbons (Fsp3) is 0.900. The average molecular weight is 407 g/mol. The summed E-state index contributed by atoms with van der Waals surface area (Å²) < 4.78 is 27.3. The van der Waals surface area contributed by atoms with Gasteiger partial charge in [0.2, 0.25) is 0 Å². The Hall–Kier alpha value is -1.22. The normalized spacial score (nSPS) is 11.1. The standard InChI is InChI=1S/C20H38O8/c1-3-5-10-24-12-7-14-27-20(9-16-26-19(23)17-18(21)22)28-15-8-13-25-11-6-4-2/h20H,3-17H2,1-2H3,(H,21,22). The fourth-order valence-corrected chi connectivity index (χ4v) is 2.11. The molecule has 8 heteroatoms. The van der Waals surface area contributed by atoms with Crippen LogP contribution in [0, 0.1) is 0 Å². The van der Waals surface area contributed by atoms with Gasteiger partial charge in [0, 0.05) is 32.8 Å². The van der Waals surface area contributed by atoms with E-state index in [1.165, 1.54) is 0 Å². The second-order valence-corrected chi connectivity index (χ2v) is 6.39. The third-order valence-electron chi connectivity index (χ3n) is 3.67. The van der Waals surface area contributed by atoms with Crippen LogP contribution in [0.3, 0.4) is 0 Å². The third kappa shape index (κ3) is 19.5. The first kappa shape index (κ1) is 26.8. The van der Waals surface area contributed by atoms with Crippen LogP contribution in [-0.4, -0.2) is 69.6 Å². The van der Waals surface area contributed by atoms with Crippen molar-refractivity contribution in [1.29, 1.82) is 0 Å². The second kappa shape index (κ2) is 20.5. The van der Waals surface area contributed by atoms with E-state index in [2.05, 4.69) is 13.8 Å². The monoisotopic (exact) mass is 406 g/mol. The van der Waals surface area contributed by atoms with Gasteiger partial charge in [-0.25, -0.2) is 0 Å². The highest BCUT2D eigenvalue weighted by atomic mass is 16.7. The Bertz CT molecular complexity index is 357. The van der Waals surface area contributed by atoms with Gasteiger partial charge in [-0.05, 0) is 25.7 Å². The van der Waals surface area contributed by atoms with Gasteiger partial charge < -0.3 is 28.8 Å². The Morgan fingerprint density at radius 3 is 1.71 bits per heavy atom. The van der Waals surface area contributed by atoms with Crippen LogP contribution in [-0.2, 0) is 33.3 Å². The number of carbonyl (C=O) groups is 2. The number of rotatable bonds is 21. The van der Waals surface area contributed by atoms with Gasteiger partial charge in [-0.15, -0.1) is 0 Å². The lowest BCUT2D eigenvalue weighted by atomic mass is 10.3. The first-order valence-electron chi connectivity index (χ1n) is 10.4. The maximum Gasteiger partial charge on any atom is 0.317 e. The zero-order chi connectivity index (χ0) is 20.9. The van der Waals surface area contributed by atoms with E-state index in [0.29, 0.717) is 32.8 Å². The summed E-state index contributed by atoms with van der Waals surface area (Å²) in [5.74, 6) is -1.97. The SMILES string of the molecule is CCCCOCCCOC(CCOC(=O)CC(=O)O)OCCCOCCCC. The number of hydrogen-bond donors (Lipinski definition) is 1. The predicted molar refractivity (Wildman–Crippen MR) is 104 cm³/mol. The maximum atomic E-state index is 11.3. The van der Waals surface area contributed by atoms with Crippen molar-refractivity contribution in [3.8, 4) is 0 Å². The molecular formula is C20H38O8. The number of ether oxygens (including phenoxy) is 5. The highest BCUT2D eigenvalue weighted by molar-refractivity contribution is 5.90. The molecule has 0 radical (unpaired) electrons. The van der Waals surface area contributed by atoms with Crippen molar-refractivity contribution < 1.29 is 38.4 Å². The van der Waals surface area contributed by atoms with Crippen molar-refractivity contribution in [2.45, 2.75) is 71.5 Å². The molecular weight excluding hydrogens is 368 g/mol. The number of carboxylic acid groups (broad SMARTS) is 1. The number of aliphatic carboxylic acids is 1. The molecule has 28 heavy (non-hydrogen) atoms. The minimum Gasteiger partial charge on any atom is -0.481 e. The Morgan fingerprint density at radius 2 is 1.25 bits per heavy atom. The van der Waals surface area contributed by atoms with E-state index in [1.54, 1.807) is 0 Å². The van der Waals surface area contributed by atoms with Crippen molar-refractivity contribution >= 4 is 11.9 Å². The van der Waals surface area contributed by atoms with Gasteiger partial charge in [-0.2, -0.15) is 0 Å². The van der Waals surface area contributed by atoms with E-state index in [-0.39, 0.29) is 6.61 Å². The summed E-state index contributed by atoms with van der Waals surface area (Å²) in [5, 5.41) is 8.56. The highest BCUT2D eigenvalue weighted by Crippen LogP contribution is 2.05. The molecule has 8 nitrogen and oxygen atoms in total. The summed E-state index contributed by atoms with van der Waals surface area (Å²) in [7, 11) is 0. The highest BCUT2D eigenvalue weighted by Gasteiger charge is 2.13. The molecule has 0 unspecified atom stereocenters. The van der Waals surface area contributed by atoms with E-state index in [0.717, 1.165) is 51.7 Å². The van der Waals surface area contributed by atoms with Crippen LogP contribution >= 0.6 is 0 Å². The Kier molecular flexibility index (Phi) is 19.6. The summed E-state index contributed by atoms with van der Waals surface area (Å²) in [4.78, 5) is 21.8. The van der Waals surface area contributed by atoms with Crippen molar-refractivity contribution in [2.75, 3.05) is 46.2 Å². The van der Waals surface area contributed by atoms with E-state index < -0.39 is 24.6 Å². The molecule has 0 aromatic carbocycles. The zero-order valence-electron chi connectivity index (χ0n) is 17.5. The predicted octanol–water partition coefficient (Wildman–Crippen LogP) is 3.17. The molecule has 0 amide bonds. The number of unbranched alkanes of at least 4 members (excludes halogenated alkanes) is 2. The number of esters is 1. The molecule has 0 aliphatic carbocycles. The molecule has 0 aliphatic heterocycles. The van der Waals surface area contributed by atoms with Gasteiger partial charge in [0.1, 0.15) is 6.42 Å². The zero-order valence-corrected chi connectivity index (χ0v) is 17.5. The average Bonchev–Trinajstić information content (AvgIpc) is 2.65. The van der Waals surface area contributed by atoms with Gasteiger partial charge in [-0.1, -0.05) is 26.7 Å². The minimum absolute atomic E-state index is 0.0524. The molecule has 0 fully saturated rings. The summed E-state index contributed by atoms with van der Waals surface area (Å²) in [6.45, 7) is 8.02. The van der Waals surface area contributed by atoms with Crippen LogP contribution in [0.15, 0.2) is 0 Å². The van der Waals surface area contributed by atoms with Crippen molar-refractivity contribution in [3.05, 3.63) is 0 Å². The summed E-state index contributed by atoms with van der Waals surface area (Å²) in [6, 6.07) is 0. The van der Waals surface area contributed by atoms with Crippen molar-refractivity contribution in [3.63, 3.8) is 0 Å². The first-order valence-corrected chi connectivity index (χ1v) is 10.4. The van der Waals surface area contributed by atoms with Crippen LogP contribution in [0.2, 0.25) is 0 Å². The number of carbonyl (C=O) groups excluding carboxylic acids is 1. The molecule has 0 aromatic rings. The molecule has 0 aliphatic rings. The van der Waals surface area contributed by atoms with Gasteiger partial charge in [0.15, 0.2) is 6.29 Å². The van der Waals surface area contributed by atoms with Crippen LogP contribution in [0.4, 0.5) is 0 Å². The molecule has 166 valence electrons. The molecule has 0 heterocycles. The molecule has 0 saturated carbocycles. The first-order chi connectivity index (χ1) is 13.6. The Morgan fingerprint density at radius 1 is 0.750 bits per heavy atom. The smallest absolute Gasteiger partial charge is 0.317 e. The largest absolute Gasteiger partial charge is 0.481 e. The Balaban J connectivity index is 3.98. The molecule has 0 rings (SSSR count). The molecule has 0 spiro atoms. The van der Waals surface area contributed by atoms with E-state index >= 15 is 0 Å². The van der Waals surface area contributed by atoms with Gasteiger partial charge in [0.25, 0.3) is 0 Å². The molecule has 0 saturated heterocycles.